The topological polar surface area (TPSA) is 77.2 Å². The van der Waals surface area contributed by atoms with Gasteiger partial charge in [0.25, 0.3) is 0 Å². The van der Waals surface area contributed by atoms with Gasteiger partial charge in [0.1, 0.15) is 12.2 Å². The molecule has 0 saturated carbocycles. The monoisotopic (exact) mass is 266 g/mol. The third-order valence-corrected chi connectivity index (χ3v) is 3.41. The Balaban J connectivity index is 1.65. The summed E-state index contributed by atoms with van der Waals surface area (Å²) < 4.78 is 0. The molecule has 1 aliphatic heterocycles. The molecule has 7 heteroatoms. The highest BCUT2D eigenvalue weighted by Gasteiger charge is 2.23. The molecule has 1 aromatic heterocycles. The van der Waals surface area contributed by atoms with Gasteiger partial charge in [-0.15, -0.1) is 0 Å². The van der Waals surface area contributed by atoms with Crippen LogP contribution in [-0.4, -0.2) is 70.8 Å². The number of hydrogen-bond acceptors (Lipinski definition) is 4. The van der Waals surface area contributed by atoms with Crippen molar-refractivity contribution < 1.29 is 4.79 Å². The molecule has 0 aromatic carbocycles. The van der Waals surface area contributed by atoms with Gasteiger partial charge < -0.3 is 15.1 Å². The first-order valence-corrected chi connectivity index (χ1v) is 6.70. The van der Waals surface area contributed by atoms with Crippen molar-refractivity contribution in [2.75, 3.05) is 33.7 Å². The van der Waals surface area contributed by atoms with E-state index in [1.54, 1.807) is 19.0 Å². The number of aromatic nitrogens is 3. The summed E-state index contributed by atoms with van der Waals surface area (Å²) in [5.74, 6) is 0.910. The minimum atomic E-state index is 0.111. The number of carbonyl (C=O) groups excluding carboxylic acids is 1. The van der Waals surface area contributed by atoms with Gasteiger partial charge in [0.05, 0.1) is 0 Å². The molecule has 106 valence electrons. The third-order valence-electron chi connectivity index (χ3n) is 3.41. The van der Waals surface area contributed by atoms with Crippen molar-refractivity contribution >= 4 is 6.03 Å². The molecule has 1 saturated heterocycles. The lowest BCUT2D eigenvalue weighted by atomic mass is 10.1. The summed E-state index contributed by atoms with van der Waals surface area (Å²) in [6.07, 6.45) is 4.41. The first-order chi connectivity index (χ1) is 9.16. The third kappa shape index (κ3) is 3.92. The van der Waals surface area contributed by atoms with Gasteiger partial charge in [-0.3, -0.25) is 5.10 Å². The van der Waals surface area contributed by atoms with Crippen LogP contribution in [0.5, 0.6) is 0 Å². The normalized spacial score (nSPS) is 16.6. The van der Waals surface area contributed by atoms with Gasteiger partial charge in [0.15, 0.2) is 0 Å². The second-order valence-electron chi connectivity index (χ2n) is 5.07. The highest BCUT2D eigenvalue weighted by molar-refractivity contribution is 5.73. The summed E-state index contributed by atoms with van der Waals surface area (Å²) in [6.45, 7) is 2.55. The smallest absolute Gasteiger partial charge is 0.319 e. The van der Waals surface area contributed by atoms with Crippen molar-refractivity contribution in [2.45, 2.75) is 25.3 Å². The number of rotatable bonds is 4. The van der Waals surface area contributed by atoms with E-state index < -0.39 is 0 Å². The van der Waals surface area contributed by atoms with E-state index in [4.69, 9.17) is 0 Å². The van der Waals surface area contributed by atoms with Crippen molar-refractivity contribution in [3.05, 3.63) is 12.2 Å². The molecule has 0 radical (unpaired) electrons. The molecule has 0 atom stereocenters. The van der Waals surface area contributed by atoms with E-state index in [0.717, 1.165) is 44.7 Å². The zero-order valence-corrected chi connectivity index (χ0v) is 11.6. The van der Waals surface area contributed by atoms with Crippen molar-refractivity contribution in [2.24, 2.45) is 0 Å². The van der Waals surface area contributed by atoms with E-state index in [1.165, 1.54) is 6.33 Å². The predicted molar refractivity (Wildman–Crippen MR) is 71.8 cm³/mol. The van der Waals surface area contributed by atoms with Crippen LogP contribution >= 0.6 is 0 Å². The van der Waals surface area contributed by atoms with E-state index >= 15 is 0 Å². The van der Waals surface area contributed by atoms with Crippen LogP contribution in [0.2, 0.25) is 0 Å². The Morgan fingerprint density at radius 3 is 2.84 bits per heavy atom. The number of amides is 2. The largest absolute Gasteiger partial charge is 0.331 e. The average Bonchev–Trinajstić information content (AvgIpc) is 2.92. The van der Waals surface area contributed by atoms with Gasteiger partial charge in [-0.2, -0.15) is 5.10 Å². The van der Waals surface area contributed by atoms with Gasteiger partial charge in [-0.05, 0) is 12.8 Å². The Bertz CT molecular complexity index is 383. The summed E-state index contributed by atoms with van der Waals surface area (Å²) >= 11 is 0. The maximum atomic E-state index is 11.8. The second kappa shape index (κ2) is 6.51. The van der Waals surface area contributed by atoms with Crippen LogP contribution in [0.3, 0.4) is 0 Å². The van der Waals surface area contributed by atoms with E-state index in [9.17, 15) is 4.79 Å². The van der Waals surface area contributed by atoms with Gasteiger partial charge in [-0.1, -0.05) is 0 Å². The Morgan fingerprint density at radius 2 is 2.26 bits per heavy atom. The summed E-state index contributed by atoms with van der Waals surface area (Å²) in [7, 11) is 3.59. The van der Waals surface area contributed by atoms with Crippen molar-refractivity contribution in [1.29, 1.82) is 0 Å². The maximum absolute atomic E-state index is 11.8. The zero-order valence-electron chi connectivity index (χ0n) is 11.6. The zero-order chi connectivity index (χ0) is 13.7. The molecular formula is C12H22N6O. The first kappa shape index (κ1) is 13.8. The average molecular weight is 266 g/mol. The molecule has 1 fully saturated rings. The summed E-state index contributed by atoms with van der Waals surface area (Å²) in [5.41, 5.74) is 0. The van der Waals surface area contributed by atoms with E-state index in [1.807, 2.05) is 4.90 Å². The van der Waals surface area contributed by atoms with Crippen LogP contribution in [0.4, 0.5) is 4.79 Å². The first-order valence-electron chi connectivity index (χ1n) is 6.70. The molecule has 19 heavy (non-hydrogen) atoms. The number of piperidine rings is 1. The second-order valence-corrected chi connectivity index (χ2v) is 5.07. The van der Waals surface area contributed by atoms with Gasteiger partial charge in [0, 0.05) is 46.2 Å². The summed E-state index contributed by atoms with van der Waals surface area (Å²) in [5, 5.41) is 10.2. The van der Waals surface area contributed by atoms with E-state index in [0.29, 0.717) is 6.04 Å². The number of likely N-dealkylation sites (tertiary alicyclic amines) is 1. The van der Waals surface area contributed by atoms with Crippen LogP contribution < -0.4 is 5.32 Å². The Labute approximate surface area is 113 Å². The highest BCUT2D eigenvalue weighted by atomic mass is 16.2. The van der Waals surface area contributed by atoms with Crippen molar-refractivity contribution in [3.8, 4) is 0 Å². The maximum Gasteiger partial charge on any atom is 0.319 e. The molecule has 0 aliphatic carbocycles. The standard InChI is InChI=1S/C12H22N6O/c1-17(2)12(19)18-7-4-10(5-8-18)13-6-3-11-14-9-15-16-11/h9-10,13H,3-8H2,1-2H3,(H,14,15,16). The fraction of sp³-hybridized carbons (Fsp3) is 0.750. The molecule has 2 N–H and O–H groups in total. The number of carbonyl (C=O) groups is 1. The lowest BCUT2D eigenvalue weighted by molar-refractivity contribution is 0.152. The fourth-order valence-corrected chi connectivity index (χ4v) is 2.30. The molecule has 7 nitrogen and oxygen atoms in total. The van der Waals surface area contributed by atoms with Crippen molar-refractivity contribution in [1.82, 2.24) is 30.3 Å². The summed E-state index contributed by atoms with van der Waals surface area (Å²) in [4.78, 5) is 19.4. The van der Waals surface area contributed by atoms with Crippen LogP contribution in [0.1, 0.15) is 18.7 Å². The van der Waals surface area contributed by atoms with E-state index in [2.05, 4.69) is 20.5 Å². The Morgan fingerprint density at radius 1 is 1.53 bits per heavy atom. The SMILES string of the molecule is CN(C)C(=O)N1CCC(NCCc2ncn[nH]2)CC1. The fourth-order valence-electron chi connectivity index (χ4n) is 2.30. The minimum absolute atomic E-state index is 0.111. The minimum Gasteiger partial charge on any atom is -0.331 e. The van der Waals surface area contributed by atoms with Crippen LogP contribution in [0.15, 0.2) is 6.33 Å². The molecule has 1 aliphatic rings. The molecule has 2 heterocycles. The van der Waals surface area contributed by atoms with Gasteiger partial charge >= 0.3 is 6.03 Å². The molecule has 2 rings (SSSR count). The van der Waals surface area contributed by atoms with Crippen molar-refractivity contribution in [3.63, 3.8) is 0 Å². The molecular weight excluding hydrogens is 244 g/mol. The molecule has 0 spiro atoms. The molecule has 2 amide bonds. The van der Waals surface area contributed by atoms with E-state index in [-0.39, 0.29) is 6.03 Å². The highest BCUT2D eigenvalue weighted by Crippen LogP contribution is 2.11. The van der Waals surface area contributed by atoms with Gasteiger partial charge in [0.2, 0.25) is 0 Å². The number of urea groups is 1. The Hall–Kier alpha value is -1.63. The number of aromatic amines is 1. The quantitative estimate of drug-likeness (QED) is 0.809. The van der Waals surface area contributed by atoms with Gasteiger partial charge in [-0.25, -0.2) is 9.78 Å². The number of hydrogen-bond donors (Lipinski definition) is 2. The molecule has 0 unspecified atom stereocenters. The summed E-state index contributed by atoms with van der Waals surface area (Å²) in [6, 6.07) is 0.606. The number of H-pyrrole nitrogens is 1. The molecule has 1 aromatic rings. The number of nitrogens with one attached hydrogen (secondary N) is 2. The predicted octanol–water partition coefficient (Wildman–Crippen LogP) is 0.0828. The van der Waals surface area contributed by atoms with Crippen LogP contribution in [-0.2, 0) is 6.42 Å². The Kier molecular flexibility index (Phi) is 4.73. The lowest BCUT2D eigenvalue weighted by Crippen LogP contribution is -2.48. The number of nitrogens with zero attached hydrogens (tertiary/aromatic N) is 4. The molecule has 0 bridgehead atoms. The van der Waals surface area contributed by atoms with Crippen LogP contribution in [0.25, 0.3) is 0 Å². The lowest BCUT2D eigenvalue weighted by Gasteiger charge is -2.34. The van der Waals surface area contributed by atoms with Crippen LogP contribution in [0, 0.1) is 0 Å².